The minimum atomic E-state index is -0.931. The van der Waals surface area contributed by atoms with E-state index in [9.17, 15) is 19.2 Å². The molecule has 2 aromatic carbocycles. The minimum Gasteiger partial charge on any atom is -0.496 e. The third kappa shape index (κ3) is 3.62. The predicted octanol–water partition coefficient (Wildman–Crippen LogP) is 2.71. The molecule has 0 bridgehead atoms. The van der Waals surface area contributed by atoms with Gasteiger partial charge in [-0.25, -0.2) is 0 Å². The highest BCUT2D eigenvalue weighted by Gasteiger charge is 2.47. The number of piperidine rings is 1. The minimum absolute atomic E-state index is 0.0788. The van der Waals surface area contributed by atoms with Gasteiger partial charge < -0.3 is 19.1 Å². The van der Waals surface area contributed by atoms with Crippen LogP contribution < -0.4 is 14.2 Å². The number of fused-ring (bicyclic) bond motifs is 2. The van der Waals surface area contributed by atoms with E-state index >= 15 is 0 Å². The number of Topliss-reactive ketones (excluding diaryl/α,β-unsaturated/α-hetero) is 1. The molecule has 0 N–H and O–H groups in total. The van der Waals surface area contributed by atoms with E-state index in [1.165, 1.54) is 14.2 Å². The van der Waals surface area contributed by atoms with Crippen LogP contribution in [0.25, 0.3) is 0 Å². The van der Waals surface area contributed by atoms with Gasteiger partial charge in [-0.3, -0.25) is 24.1 Å². The molecule has 0 aliphatic carbocycles. The number of hydrogen-bond donors (Lipinski definition) is 0. The van der Waals surface area contributed by atoms with E-state index in [-0.39, 0.29) is 18.1 Å². The van der Waals surface area contributed by atoms with Gasteiger partial charge in [0.2, 0.25) is 5.91 Å². The summed E-state index contributed by atoms with van der Waals surface area (Å²) < 4.78 is 17.0. The summed E-state index contributed by atoms with van der Waals surface area (Å²) in [5.74, 6) is 0.0393. The van der Waals surface area contributed by atoms with Crippen molar-refractivity contribution in [2.45, 2.75) is 37.8 Å². The molecule has 3 heterocycles. The fourth-order valence-corrected chi connectivity index (χ4v) is 5.20. The quantitative estimate of drug-likeness (QED) is 0.623. The lowest BCUT2D eigenvalue weighted by atomic mass is 9.82. The summed E-state index contributed by atoms with van der Waals surface area (Å²) in [6.45, 7) is 2.26. The standard InChI is InChI=1S/C26H26N2O7/c1-15(28-24(31)17-6-4-5-7-18(17)25(28)32)23(30)27-10-8-26(9-11-27)14-19(29)22-20(34-3)12-16(33-2)13-21(22)35-26/h4-7,12-13,15H,8-11,14H2,1-3H3. The molecule has 182 valence electrons. The fourth-order valence-electron chi connectivity index (χ4n) is 5.20. The molecule has 0 radical (unpaired) electrons. The van der Waals surface area contributed by atoms with Crippen LogP contribution >= 0.6 is 0 Å². The van der Waals surface area contributed by atoms with E-state index in [1.54, 1.807) is 48.2 Å². The number of ether oxygens (including phenoxy) is 3. The Kier molecular flexibility index (Phi) is 5.50. The van der Waals surface area contributed by atoms with Crippen LogP contribution in [-0.2, 0) is 4.79 Å². The van der Waals surface area contributed by atoms with E-state index in [1.807, 2.05) is 0 Å². The second-order valence-corrected chi connectivity index (χ2v) is 9.11. The number of nitrogens with zero attached hydrogens (tertiary/aromatic N) is 2. The summed E-state index contributed by atoms with van der Waals surface area (Å²) in [6, 6.07) is 8.98. The maximum Gasteiger partial charge on any atom is 0.262 e. The lowest BCUT2D eigenvalue weighted by Gasteiger charge is -2.44. The van der Waals surface area contributed by atoms with Crippen molar-refractivity contribution >= 4 is 23.5 Å². The highest BCUT2D eigenvalue weighted by atomic mass is 16.5. The molecule has 1 saturated heterocycles. The van der Waals surface area contributed by atoms with Gasteiger partial charge >= 0.3 is 0 Å². The van der Waals surface area contributed by atoms with Crippen molar-refractivity contribution in [2.75, 3.05) is 27.3 Å². The van der Waals surface area contributed by atoms with Crippen molar-refractivity contribution in [1.82, 2.24) is 9.80 Å². The number of amides is 3. The van der Waals surface area contributed by atoms with Crippen LogP contribution in [-0.4, -0.2) is 72.3 Å². The molecule has 5 rings (SSSR count). The van der Waals surface area contributed by atoms with Gasteiger partial charge in [-0.2, -0.15) is 0 Å². The number of ketones is 1. The van der Waals surface area contributed by atoms with Gasteiger partial charge in [-0.15, -0.1) is 0 Å². The Hall–Kier alpha value is -3.88. The topological polar surface area (TPSA) is 102 Å². The molecule has 3 aliphatic heterocycles. The van der Waals surface area contributed by atoms with E-state index in [0.717, 1.165) is 4.90 Å². The maximum atomic E-state index is 13.3. The van der Waals surface area contributed by atoms with Gasteiger partial charge in [-0.1, -0.05) is 12.1 Å². The summed E-state index contributed by atoms with van der Waals surface area (Å²) in [6.07, 6.45) is 1.06. The monoisotopic (exact) mass is 478 g/mol. The Bertz CT molecular complexity index is 1210. The first kappa shape index (κ1) is 22.9. The Balaban J connectivity index is 1.30. The van der Waals surface area contributed by atoms with E-state index in [4.69, 9.17) is 14.2 Å². The molecule has 3 amide bonds. The van der Waals surface area contributed by atoms with E-state index in [0.29, 0.717) is 59.9 Å². The summed E-state index contributed by atoms with van der Waals surface area (Å²) in [5.41, 5.74) is 0.287. The number of imide groups is 1. The summed E-state index contributed by atoms with van der Waals surface area (Å²) in [7, 11) is 3.02. The lowest BCUT2D eigenvalue weighted by Crippen LogP contribution is -2.56. The normalized spacial score (nSPS) is 19.2. The third-order valence-electron chi connectivity index (χ3n) is 7.14. The third-order valence-corrected chi connectivity index (χ3v) is 7.14. The molecular formula is C26H26N2O7. The molecular weight excluding hydrogens is 452 g/mol. The number of likely N-dealkylation sites (tertiary alicyclic amines) is 1. The molecule has 1 unspecified atom stereocenters. The summed E-state index contributed by atoms with van der Waals surface area (Å²) in [4.78, 5) is 54.6. The Morgan fingerprint density at radius 1 is 1.00 bits per heavy atom. The van der Waals surface area contributed by atoms with Crippen molar-refractivity contribution in [3.05, 3.63) is 53.1 Å². The Morgan fingerprint density at radius 3 is 2.20 bits per heavy atom. The summed E-state index contributed by atoms with van der Waals surface area (Å²) in [5, 5.41) is 0. The zero-order valence-electron chi connectivity index (χ0n) is 19.8. The number of benzene rings is 2. The zero-order chi connectivity index (χ0) is 24.9. The molecule has 9 heteroatoms. The number of hydrogen-bond acceptors (Lipinski definition) is 7. The van der Waals surface area contributed by atoms with Gasteiger partial charge in [0.05, 0.1) is 31.8 Å². The van der Waals surface area contributed by atoms with Crippen molar-refractivity contribution in [3.63, 3.8) is 0 Å². The number of carbonyl (C=O) groups is 4. The molecule has 1 atom stereocenters. The van der Waals surface area contributed by atoms with E-state index in [2.05, 4.69) is 0 Å². The van der Waals surface area contributed by atoms with Crippen LogP contribution in [0, 0.1) is 0 Å². The lowest BCUT2D eigenvalue weighted by molar-refractivity contribution is -0.138. The molecule has 9 nitrogen and oxygen atoms in total. The van der Waals surface area contributed by atoms with Crippen molar-refractivity contribution in [2.24, 2.45) is 0 Å². The highest BCUT2D eigenvalue weighted by molar-refractivity contribution is 6.22. The first-order valence-electron chi connectivity index (χ1n) is 11.5. The predicted molar refractivity (Wildman–Crippen MR) is 124 cm³/mol. The molecule has 1 fully saturated rings. The zero-order valence-corrected chi connectivity index (χ0v) is 19.8. The van der Waals surface area contributed by atoms with Gasteiger partial charge in [0.25, 0.3) is 11.8 Å². The fraction of sp³-hybridized carbons (Fsp3) is 0.385. The van der Waals surface area contributed by atoms with Crippen LogP contribution in [0.2, 0.25) is 0 Å². The van der Waals surface area contributed by atoms with Crippen molar-refractivity contribution < 1.29 is 33.4 Å². The van der Waals surface area contributed by atoms with Crippen molar-refractivity contribution in [3.8, 4) is 17.2 Å². The van der Waals surface area contributed by atoms with Crippen LogP contribution in [0.15, 0.2) is 36.4 Å². The summed E-state index contributed by atoms with van der Waals surface area (Å²) >= 11 is 0. The number of methoxy groups -OCH3 is 2. The van der Waals surface area contributed by atoms with Crippen LogP contribution in [0.5, 0.6) is 17.2 Å². The molecule has 1 spiro atoms. The van der Waals surface area contributed by atoms with Gasteiger partial charge in [0.1, 0.15) is 34.5 Å². The molecule has 35 heavy (non-hydrogen) atoms. The van der Waals surface area contributed by atoms with E-state index < -0.39 is 23.5 Å². The number of carbonyl (C=O) groups excluding carboxylic acids is 4. The second-order valence-electron chi connectivity index (χ2n) is 9.11. The van der Waals surface area contributed by atoms with Gasteiger partial charge in [0, 0.05) is 38.1 Å². The second kappa shape index (κ2) is 8.41. The smallest absolute Gasteiger partial charge is 0.262 e. The maximum absolute atomic E-state index is 13.3. The average Bonchev–Trinajstić information content (AvgIpc) is 3.12. The van der Waals surface area contributed by atoms with Crippen LogP contribution in [0.4, 0.5) is 0 Å². The van der Waals surface area contributed by atoms with Gasteiger partial charge in [0.15, 0.2) is 5.78 Å². The molecule has 3 aliphatic rings. The van der Waals surface area contributed by atoms with Gasteiger partial charge in [-0.05, 0) is 19.1 Å². The first-order valence-corrected chi connectivity index (χ1v) is 11.5. The number of rotatable bonds is 4. The first-order chi connectivity index (χ1) is 16.8. The average molecular weight is 479 g/mol. The van der Waals surface area contributed by atoms with Crippen molar-refractivity contribution in [1.29, 1.82) is 0 Å². The van der Waals surface area contributed by atoms with Crippen LogP contribution in [0.3, 0.4) is 0 Å². The highest BCUT2D eigenvalue weighted by Crippen LogP contribution is 2.44. The van der Waals surface area contributed by atoms with Crippen LogP contribution in [0.1, 0.15) is 57.3 Å². The molecule has 0 aromatic heterocycles. The SMILES string of the molecule is COc1cc(OC)c2c(c1)OC1(CCN(C(=O)C(C)N3C(=O)c4ccccc4C3=O)CC1)CC2=O. The Morgan fingerprint density at radius 2 is 1.63 bits per heavy atom. The Labute approximate surface area is 202 Å². The molecule has 2 aromatic rings. The largest absolute Gasteiger partial charge is 0.496 e. The molecule has 0 saturated carbocycles.